The van der Waals surface area contributed by atoms with Crippen molar-refractivity contribution in [2.24, 2.45) is 5.92 Å². The van der Waals surface area contributed by atoms with Crippen LogP contribution in [0.3, 0.4) is 0 Å². The molecule has 0 atom stereocenters. The van der Waals surface area contributed by atoms with Gasteiger partial charge in [-0.1, -0.05) is 106 Å². The minimum atomic E-state index is -0.556. The van der Waals surface area contributed by atoms with Crippen molar-refractivity contribution in [3.8, 4) is 11.1 Å². The zero-order valence-electron chi connectivity index (χ0n) is 20.8. The van der Waals surface area contributed by atoms with E-state index in [0.717, 1.165) is 41.6 Å². The summed E-state index contributed by atoms with van der Waals surface area (Å²) in [5.41, 5.74) is 12.7. The third kappa shape index (κ3) is 12.9. The van der Waals surface area contributed by atoms with Crippen LogP contribution in [-0.2, 0) is 28.2 Å². The molecule has 2 aromatic carbocycles. The Labute approximate surface area is 227 Å². The average Bonchev–Trinajstić information content (AvgIpc) is 3.20. The van der Waals surface area contributed by atoms with Crippen LogP contribution in [0.15, 0.2) is 42.5 Å². The molecule has 0 unspecified atom stereocenters. The Kier molecular flexibility index (Phi) is 19.1. The fourth-order valence-electron chi connectivity index (χ4n) is 4.42. The topological polar surface area (TPSA) is 40.9 Å². The van der Waals surface area contributed by atoms with Crippen LogP contribution in [0, 0.1) is 12.0 Å². The van der Waals surface area contributed by atoms with Gasteiger partial charge in [0.05, 0.1) is 5.91 Å². The average molecular weight is 553 g/mol. The number of hydrogen-bond donors (Lipinski definition) is 0. The molecule has 0 saturated heterocycles. The molecule has 187 valence electrons. The normalized spacial score (nSPS) is 15.6. The number of benzene rings is 2. The van der Waals surface area contributed by atoms with E-state index in [2.05, 4.69) is 55.6 Å². The van der Waals surface area contributed by atoms with Gasteiger partial charge >= 0.3 is 35.6 Å². The summed E-state index contributed by atoms with van der Waals surface area (Å²) in [6.45, 7) is 4.42. The van der Waals surface area contributed by atoms with Crippen LogP contribution in [0.25, 0.3) is 16.9 Å². The van der Waals surface area contributed by atoms with Crippen molar-refractivity contribution in [2.45, 2.75) is 90.1 Å². The van der Waals surface area contributed by atoms with Crippen molar-refractivity contribution >= 4 is 34.0 Å². The molecule has 2 aliphatic carbocycles. The van der Waals surface area contributed by atoms with Crippen molar-refractivity contribution < 1.29 is 21.8 Å². The first kappa shape index (κ1) is 31.5. The molecule has 4 rings (SSSR count). The molecule has 34 heavy (non-hydrogen) atoms. The maximum Gasteiger partial charge on any atom is 0.0519 e. The first-order chi connectivity index (χ1) is 16.6. The van der Waals surface area contributed by atoms with Crippen LogP contribution in [0.1, 0.15) is 81.8 Å². The van der Waals surface area contributed by atoms with Crippen molar-refractivity contribution in [1.82, 2.24) is 0 Å². The van der Waals surface area contributed by atoms with Gasteiger partial charge in [0.15, 0.2) is 0 Å². The number of fused-ring (bicyclic) bond motifs is 3. The van der Waals surface area contributed by atoms with Crippen molar-refractivity contribution in [2.75, 3.05) is 0 Å². The standard InChI is InChI=1S/C13H25NO.C13H9.C2H7Si.2ClH.Ti/c14-13(15)12-10-8-6-4-2-1-3-5-7-9-11-12;1-3-7-12-10(5-1)9-11-6-2-4-8-13(11)12;1-3-2;;;/h12H,1-11H2,(H2,14,15);1-5,7-8H,9H2;3H,1-2H3;2*1H;/q;-1;;;;+2/p-3. The van der Waals surface area contributed by atoms with E-state index in [1.807, 2.05) is 6.07 Å². The zero-order chi connectivity index (χ0) is 25.0. The number of nitrogens with one attached hydrogen (secondary N) is 1. The quantitative estimate of drug-likeness (QED) is 0.219. The van der Waals surface area contributed by atoms with E-state index in [1.165, 1.54) is 67.2 Å². The largest absolute Gasteiger partial charge is 0.668 e. The van der Waals surface area contributed by atoms with E-state index >= 15 is 0 Å². The first-order valence-corrected chi connectivity index (χ1v) is 19.2. The van der Waals surface area contributed by atoms with Crippen LogP contribution in [0.4, 0.5) is 0 Å². The second-order valence-electron chi connectivity index (χ2n) is 8.87. The second-order valence-corrected chi connectivity index (χ2v) is 12.6. The zero-order valence-corrected chi connectivity index (χ0v) is 25.1. The number of carbonyl (C=O) groups is 1. The molecule has 0 spiro atoms. The van der Waals surface area contributed by atoms with Gasteiger partial charge < -0.3 is 10.5 Å². The molecule has 0 aliphatic heterocycles. The Hall–Kier alpha value is -0.579. The first-order valence-electron chi connectivity index (χ1n) is 12.6. The Morgan fingerprint density at radius 3 is 1.88 bits per heavy atom. The third-order valence-corrected chi connectivity index (χ3v) is 6.09. The predicted octanol–water partition coefficient (Wildman–Crippen LogP) is 9.44. The van der Waals surface area contributed by atoms with E-state index in [0.29, 0.717) is 0 Å². The van der Waals surface area contributed by atoms with E-state index in [-0.39, 0.29) is 11.8 Å². The molecule has 0 bridgehead atoms. The minimum absolute atomic E-state index is 0.0458. The molecule has 0 heterocycles. The van der Waals surface area contributed by atoms with Gasteiger partial charge in [-0.25, -0.2) is 0 Å². The number of carbonyl (C=O) groups excluding carboxylic acids is 1. The summed E-state index contributed by atoms with van der Waals surface area (Å²) in [4.78, 5) is 11.1. The monoisotopic (exact) mass is 552 g/mol. The molecule has 0 aromatic heterocycles. The number of hydrogen-bond acceptors (Lipinski definition) is 1. The molecular weight excluding hydrogens is 513 g/mol. The van der Waals surface area contributed by atoms with Gasteiger partial charge in [0, 0.05) is 15.4 Å². The number of rotatable bonds is 1. The van der Waals surface area contributed by atoms with Crippen LogP contribution in [0.2, 0.25) is 13.1 Å². The summed E-state index contributed by atoms with van der Waals surface area (Å²) in [7, 11) is 10.5. The molecule has 1 saturated carbocycles. The van der Waals surface area contributed by atoms with Crippen LogP contribution in [0.5, 0.6) is 0 Å². The summed E-state index contributed by atoms with van der Waals surface area (Å²) >= 11 is -0.556. The molecule has 1 amide bonds. The molecular formula is C28H40Cl2NOSiTi-2. The Bertz CT molecular complexity index is 748. The summed E-state index contributed by atoms with van der Waals surface area (Å²) < 4.78 is 0. The molecule has 6 heteroatoms. The van der Waals surface area contributed by atoms with Crippen LogP contribution in [-0.4, -0.2) is 15.4 Å². The van der Waals surface area contributed by atoms with Crippen molar-refractivity contribution in [1.29, 1.82) is 0 Å². The van der Waals surface area contributed by atoms with E-state index in [9.17, 15) is 4.79 Å². The minimum Gasteiger partial charge on any atom is -0.668 e. The summed E-state index contributed by atoms with van der Waals surface area (Å²) in [5, 5.41) is 0. The fraction of sp³-hybridized carbons (Fsp3) is 0.536. The van der Waals surface area contributed by atoms with Gasteiger partial charge in [0.1, 0.15) is 0 Å². The van der Waals surface area contributed by atoms with Gasteiger partial charge in [0.25, 0.3) is 0 Å². The van der Waals surface area contributed by atoms with Gasteiger partial charge in [-0.15, -0.1) is 5.56 Å². The predicted molar refractivity (Wildman–Crippen MR) is 148 cm³/mol. The van der Waals surface area contributed by atoms with E-state index in [1.54, 1.807) is 0 Å². The smallest absolute Gasteiger partial charge is 0.0519 e. The van der Waals surface area contributed by atoms with Crippen LogP contribution < -0.4 is 0 Å². The van der Waals surface area contributed by atoms with Gasteiger partial charge in [-0.05, 0) is 19.3 Å². The summed E-state index contributed by atoms with van der Waals surface area (Å²) in [6.07, 6.45) is 14.5. The van der Waals surface area contributed by atoms with Crippen molar-refractivity contribution in [3.63, 3.8) is 0 Å². The Balaban J connectivity index is 0.000000278. The Morgan fingerprint density at radius 2 is 1.35 bits per heavy atom. The maximum atomic E-state index is 11.1. The van der Waals surface area contributed by atoms with Gasteiger partial charge in [-0.3, -0.25) is 0 Å². The van der Waals surface area contributed by atoms with Gasteiger partial charge in [-0.2, -0.15) is 29.8 Å². The molecule has 2 nitrogen and oxygen atoms in total. The summed E-state index contributed by atoms with van der Waals surface area (Å²) in [5.74, 6) is -0.281. The number of halogens is 2. The van der Waals surface area contributed by atoms with Gasteiger partial charge in [0.2, 0.25) is 0 Å². The molecule has 2 aromatic rings. The third-order valence-electron chi connectivity index (χ3n) is 6.09. The molecule has 1 radical (unpaired) electrons. The maximum absolute atomic E-state index is 11.1. The number of amides is 1. The molecule has 1 N–H and O–H groups in total. The Morgan fingerprint density at radius 1 is 0.882 bits per heavy atom. The van der Waals surface area contributed by atoms with E-state index < -0.39 is 17.0 Å². The summed E-state index contributed by atoms with van der Waals surface area (Å²) in [6, 6.07) is 18.1. The second kappa shape index (κ2) is 20.6. The van der Waals surface area contributed by atoms with Crippen LogP contribution >= 0.6 is 18.6 Å². The van der Waals surface area contributed by atoms with Crippen molar-refractivity contribution in [3.05, 3.63) is 65.4 Å². The SMILES string of the molecule is C[SiH]C.[Cl][Ti][Cl].[NH-]C(=O)C1CCCCCCCCCCC1.[c-]1cccc2c1Cc1ccccc1-2. The molecule has 2 aliphatic rings. The van der Waals surface area contributed by atoms with E-state index in [4.69, 9.17) is 24.3 Å². The molecule has 1 fully saturated rings. The fourth-order valence-corrected chi connectivity index (χ4v) is 4.42.